The topological polar surface area (TPSA) is 94.6 Å². The predicted molar refractivity (Wildman–Crippen MR) is 139 cm³/mol. The molecule has 0 saturated carbocycles. The van der Waals surface area contributed by atoms with Crippen LogP contribution in [0.4, 0.5) is 24.7 Å². The molecule has 4 rings (SSSR count). The summed E-state index contributed by atoms with van der Waals surface area (Å²) in [5.41, 5.74) is 0.0382. The zero-order chi connectivity index (χ0) is 27.9. The molecule has 0 radical (unpaired) electrons. The number of piperidine rings is 1. The first-order valence-corrected chi connectivity index (χ1v) is 12.4. The number of fused-ring (bicyclic) bond motifs is 1. The van der Waals surface area contributed by atoms with Crippen molar-refractivity contribution in [2.75, 3.05) is 18.4 Å². The Morgan fingerprint density at radius 3 is 2.45 bits per heavy atom. The molecule has 206 valence electrons. The number of carbonyl (C=O) groups is 1. The fraction of sp³-hybridized carbons (Fsp3) is 0.400. The van der Waals surface area contributed by atoms with E-state index in [9.17, 15) is 18.0 Å². The Morgan fingerprint density at radius 1 is 1.13 bits per heavy atom. The van der Waals surface area contributed by atoms with Crippen LogP contribution in [0.1, 0.15) is 33.6 Å². The number of hydrogen-bond acceptors (Lipinski definition) is 8. The minimum Gasteiger partial charge on any atom is -0.486 e. The number of anilines is 2. The molecule has 8 nitrogen and oxygen atoms in total. The number of rotatable bonds is 7. The van der Waals surface area contributed by atoms with Gasteiger partial charge in [0.1, 0.15) is 23.9 Å². The summed E-state index contributed by atoms with van der Waals surface area (Å²) in [7, 11) is 0. The minimum absolute atomic E-state index is 0.0446. The lowest BCUT2D eigenvalue weighted by Gasteiger charge is -2.25. The Hall–Kier alpha value is -3.02. The maximum Gasteiger partial charge on any atom is 0.387 e. The highest BCUT2D eigenvalue weighted by atomic mass is 35.5. The van der Waals surface area contributed by atoms with E-state index in [-0.39, 0.29) is 44.8 Å². The average molecular weight is 575 g/mol. The van der Waals surface area contributed by atoms with E-state index in [0.717, 1.165) is 25.9 Å². The van der Waals surface area contributed by atoms with Crippen molar-refractivity contribution in [3.8, 4) is 11.5 Å². The van der Waals surface area contributed by atoms with Crippen LogP contribution < -0.4 is 20.1 Å². The molecular weight excluding hydrogens is 548 g/mol. The van der Waals surface area contributed by atoms with Crippen LogP contribution in [-0.2, 0) is 9.53 Å². The number of alkyl halides is 2. The second-order valence-corrected chi connectivity index (χ2v) is 9.94. The molecule has 1 aliphatic heterocycles. The van der Waals surface area contributed by atoms with Gasteiger partial charge in [0, 0.05) is 11.5 Å². The van der Waals surface area contributed by atoms with Gasteiger partial charge < -0.3 is 24.8 Å². The molecule has 1 fully saturated rings. The summed E-state index contributed by atoms with van der Waals surface area (Å²) in [5.74, 6) is -0.510. The smallest absolute Gasteiger partial charge is 0.387 e. The number of benzene rings is 2. The number of nitrogens with one attached hydrogen (secondary N) is 2. The van der Waals surface area contributed by atoms with Crippen LogP contribution in [0, 0.1) is 5.82 Å². The molecule has 2 N–H and O–H groups in total. The third kappa shape index (κ3) is 8.24. The highest BCUT2D eigenvalue weighted by Crippen LogP contribution is 2.38. The molecule has 2 aromatic carbocycles. The van der Waals surface area contributed by atoms with Crippen LogP contribution in [-0.4, -0.2) is 47.8 Å². The van der Waals surface area contributed by atoms with Crippen molar-refractivity contribution in [3.05, 3.63) is 46.5 Å². The summed E-state index contributed by atoms with van der Waals surface area (Å²) in [6.07, 6.45) is 2.50. The first-order valence-electron chi connectivity index (χ1n) is 11.6. The lowest BCUT2D eigenvalue weighted by atomic mass is 10.1. The fourth-order valence-electron chi connectivity index (χ4n) is 3.43. The standard InChI is InChI=1S/C20H17Cl2F3N4O2.C5H10O2/c21-12-1-2-13(18(23)17(12)22)29-19-11-7-15(30-10-3-5-26-6-4-10)16(31-20(24)25)8-14(11)27-9-28-19;1-5(2,3)7-4-6/h1-2,7-10,20,26H,3-6H2,(H,27,28,29);4H,1-3H3. The number of halogens is 5. The van der Waals surface area contributed by atoms with E-state index >= 15 is 0 Å². The van der Waals surface area contributed by atoms with Crippen molar-refractivity contribution in [3.63, 3.8) is 0 Å². The maximum absolute atomic E-state index is 14.5. The number of aromatic nitrogens is 2. The van der Waals surface area contributed by atoms with Crippen molar-refractivity contribution in [1.82, 2.24) is 15.3 Å². The van der Waals surface area contributed by atoms with Crippen LogP contribution in [0.2, 0.25) is 10.0 Å². The molecule has 0 unspecified atom stereocenters. The van der Waals surface area contributed by atoms with Crippen LogP contribution in [0.15, 0.2) is 30.6 Å². The number of hydrogen-bond donors (Lipinski definition) is 2. The zero-order valence-corrected chi connectivity index (χ0v) is 22.4. The molecule has 13 heteroatoms. The number of carbonyl (C=O) groups excluding carboxylic acids is 1. The largest absolute Gasteiger partial charge is 0.486 e. The summed E-state index contributed by atoms with van der Waals surface area (Å²) in [5, 5.41) is 6.33. The van der Waals surface area contributed by atoms with Gasteiger partial charge in [-0.1, -0.05) is 23.2 Å². The average Bonchev–Trinajstić information content (AvgIpc) is 2.85. The summed E-state index contributed by atoms with van der Waals surface area (Å²) in [6, 6.07) is 5.71. The Labute approximate surface area is 227 Å². The van der Waals surface area contributed by atoms with E-state index in [4.69, 9.17) is 27.9 Å². The van der Waals surface area contributed by atoms with Crippen molar-refractivity contribution in [2.45, 2.75) is 51.9 Å². The number of ether oxygens (including phenoxy) is 3. The first kappa shape index (κ1) is 29.5. The van der Waals surface area contributed by atoms with E-state index in [1.807, 2.05) is 20.8 Å². The van der Waals surface area contributed by atoms with Gasteiger partial charge in [0.2, 0.25) is 0 Å². The van der Waals surface area contributed by atoms with Gasteiger partial charge >= 0.3 is 6.61 Å². The van der Waals surface area contributed by atoms with Crippen molar-refractivity contribution in [2.24, 2.45) is 0 Å². The van der Waals surface area contributed by atoms with Gasteiger partial charge in [0.05, 0.1) is 21.2 Å². The van der Waals surface area contributed by atoms with E-state index in [1.54, 1.807) is 0 Å². The molecule has 2 heterocycles. The highest BCUT2D eigenvalue weighted by molar-refractivity contribution is 6.42. The molecule has 0 amide bonds. The monoisotopic (exact) mass is 574 g/mol. The second-order valence-electron chi connectivity index (χ2n) is 9.16. The van der Waals surface area contributed by atoms with Crippen LogP contribution in [0.5, 0.6) is 11.5 Å². The van der Waals surface area contributed by atoms with E-state index in [2.05, 4.69) is 30.1 Å². The second kappa shape index (κ2) is 13.2. The molecular formula is C25H27Cl2F3N4O4. The van der Waals surface area contributed by atoms with Gasteiger partial charge in [-0.25, -0.2) is 14.4 Å². The molecule has 1 aliphatic rings. The fourth-order valence-corrected chi connectivity index (χ4v) is 3.74. The normalized spacial score (nSPS) is 14.0. The Balaban J connectivity index is 0.000000505. The van der Waals surface area contributed by atoms with E-state index in [1.165, 1.54) is 30.6 Å². The molecule has 0 aliphatic carbocycles. The van der Waals surface area contributed by atoms with Gasteiger partial charge in [-0.05, 0) is 64.9 Å². The minimum atomic E-state index is -3.03. The summed E-state index contributed by atoms with van der Waals surface area (Å²) in [4.78, 5) is 17.9. The zero-order valence-electron chi connectivity index (χ0n) is 20.9. The van der Waals surface area contributed by atoms with Crippen LogP contribution in [0.25, 0.3) is 10.9 Å². The number of nitrogens with zero attached hydrogens (tertiary/aromatic N) is 2. The quantitative estimate of drug-likeness (QED) is 0.243. The van der Waals surface area contributed by atoms with Crippen LogP contribution >= 0.6 is 23.2 Å². The Morgan fingerprint density at radius 2 is 1.84 bits per heavy atom. The molecule has 38 heavy (non-hydrogen) atoms. The SMILES string of the molecule is CC(C)(C)OC=O.Fc1c(Nc2ncnc3cc(OC(F)F)c(OC4CCNCC4)cc23)ccc(Cl)c1Cl. The third-order valence-electron chi connectivity index (χ3n) is 5.19. The lowest BCUT2D eigenvalue weighted by molar-refractivity contribution is -0.138. The van der Waals surface area contributed by atoms with E-state index < -0.39 is 12.4 Å². The lowest BCUT2D eigenvalue weighted by Crippen LogP contribution is -2.34. The van der Waals surface area contributed by atoms with Crippen molar-refractivity contribution in [1.29, 1.82) is 0 Å². The van der Waals surface area contributed by atoms with Gasteiger partial charge in [0.25, 0.3) is 6.47 Å². The molecule has 0 atom stereocenters. The summed E-state index contributed by atoms with van der Waals surface area (Å²) < 4.78 is 55.6. The van der Waals surface area contributed by atoms with Crippen molar-refractivity contribution >= 4 is 52.1 Å². The Kier molecular flexibility index (Phi) is 10.2. The van der Waals surface area contributed by atoms with Gasteiger partial charge in [-0.3, -0.25) is 4.79 Å². The molecule has 1 aromatic heterocycles. The molecule has 0 spiro atoms. The molecule has 0 bridgehead atoms. The first-order chi connectivity index (χ1) is 18.0. The summed E-state index contributed by atoms with van der Waals surface area (Å²) >= 11 is 11.7. The van der Waals surface area contributed by atoms with Crippen molar-refractivity contribution < 1.29 is 32.2 Å². The predicted octanol–water partition coefficient (Wildman–Crippen LogP) is 6.51. The molecule has 1 saturated heterocycles. The third-order valence-corrected chi connectivity index (χ3v) is 5.97. The van der Waals surface area contributed by atoms with E-state index in [0.29, 0.717) is 17.4 Å². The Bertz CT molecular complexity index is 1260. The highest BCUT2D eigenvalue weighted by Gasteiger charge is 2.21. The summed E-state index contributed by atoms with van der Waals surface area (Å²) in [6.45, 7) is 4.41. The van der Waals surface area contributed by atoms with Gasteiger partial charge in [-0.2, -0.15) is 8.78 Å². The van der Waals surface area contributed by atoms with Crippen LogP contribution in [0.3, 0.4) is 0 Å². The molecule has 3 aromatic rings. The van der Waals surface area contributed by atoms with Gasteiger partial charge in [0.15, 0.2) is 17.3 Å². The van der Waals surface area contributed by atoms with Gasteiger partial charge in [-0.15, -0.1) is 0 Å². The maximum atomic E-state index is 14.5.